The molecular formula is C14H21N2O10P. The molecule has 13 heteroatoms. The Kier molecular flexibility index (Phi) is 6.73. The smallest absolute Gasteiger partial charge is 0.373 e. The number of hydrogen-bond donors (Lipinski definition) is 2. The van der Waals surface area contributed by atoms with E-state index in [2.05, 4.69) is 0 Å². The lowest BCUT2D eigenvalue weighted by atomic mass is 10.1. The monoisotopic (exact) mass is 408 g/mol. The quantitative estimate of drug-likeness (QED) is 0.432. The molecule has 12 nitrogen and oxygen atoms in total. The van der Waals surface area contributed by atoms with Gasteiger partial charge in [0, 0.05) is 40.5 Å². The molecule has 2 heterocycles. The first-order valence-corrected chi connectivity index (χ1v) is 9.36. The number of carbonyl (C=O) groups is 1. The fourth-order valence-corrected chi connectivity index (χ4v) is 4.23. The molecule has 0 amide bonds. The first-order valence-electron chi connectivity index (χ1n) is 7.74. The van der Waals surface area contributed by atoms with Crippen molar-refractivity contribution in [2.45, 2.75) is 37.3 Å². The summed E-state index contributed by atoms with van der Waals surface area (Å²) in [5, 5.41) is 10.6. The number of aromatic nitrogens is 2. The Balaban J connectivity index is 2.47. The van der Waals surface area contributed by atoms with Crippen LogP contribution < -0.4 is 11.2 Å². The molecule has 1 saturated heterocycles. The number of carbonyl (C=O) groups excluding carboxylic acids is 1. The minimum absolute atomic E-state index is 0.624. The SMILES string of the molecule is CO[C@@H]1[C@H](O)[C@@H](C(OC(C)=O)P(=O)(OC)OC)O[C@H]1n1ccc(=O)[nH]c1=O. The van der Waals surface area contributed by atoms with Gasteiger partial charge in [-0.15, -0.1) is 0 Å². The van der Waals surface area contributed by atoms with Crippen LogP contribution in [0.25, 0.3) is 0 Å². The second kappa shape index (κ2) is 8.46. The molecular weight excluding hydrogens is 387 g/mol. The first kappa shape index (κ1) is 21.5. The third kappa shape index (κ3) is 4.21. The average Bonchev–Trinajstić information content (AvgIpc) is 2.94. The van der Waals surface area contributed by atoms with Gasteiger partial charge in [-0.05, 0) is 0 Å². The van der Waals surface area contributed by atoms with Gasteiger partial charge in [-0.2, -0.15) is 0 Å². The molecule has 0 radical (unpaired) electrons. The first-order chi connectivity index (χ1) is 12.7. The largest absolute Gasteiger partial charge is 0.447 e. The summed E-state index contributed by atoms with van der Waals surface area (Å²) in [5.41, 5.74) is -1.44. The molecule has 1 fully saturated rings. The number of hydrogen-bond acceptors (Lipinski definition) is 10. The van der Waals surface area contributed by atoms with Gasteiger partial charge < -0.3 is 28.4 Å². The molecule has 0 spiro atoms. The Morgan fingerprint density at radius 2 is 1.96 bits per heavy atom. The van der Waals surface area contributed by atoms with Crippen LogP contribution in [-0.4, -0.2) is 66.1 Å². The topological polar surface area (TPSA) is 155 Å². The second-order valence-electron chi connectivity index (χ2n) is 5.60. The predicted octanol–water partition coefficient (Wildman–Crippen LogP) is -0.815. The number of aliphatic hydroxyl groups is 1. The van der Waals surface area contributed by atoms with Gasteiger partial charge in [-0.3, -0.25) is 23.7 Å². The van der Waals surface area contributed by atoms with E-state index in [1.165, 1.54) is 7.11 Å². The minimum atomic E-state index is -4.04. The van der Waals surface area contributed by atoms with E-state index in [4.69, 9.17) is 23.3 Å². The lowest BCUT2D eigenvalue weighted by Gasteiger charge is -2.29. The van der Waals surface area contributed by atoms with Crippen molar-refractivity contribution in [2.75, 3.05) is 21.3 Å². The number of aliphatic hydroxyl groups excluding tert-OH is 1. The summed E-state index contributed by atoms with van der Waals surface area (Å²) in [5.74, 6) is -2.44. The van der Waals surface area contributed by atoms with E-state index >= 15 is 0 Å². The molecule has 2 rings (SSSR count). The summed E-state index contributed by atoms with van der Waals surface area (Å²) in [6, 6.07) is 1.08. The molecule has 152 valence electrons. The van der Waals surface area contributed by atoms with Crippen LogP contribution in [0.3, 0.4) is 0 Å². The number of nitrogens with zero attached hydrogens (tertiary/aromatic N) is 1. The number of ether oxygens (including phenoxy) is 3. The Hall–Kier alpha value is -1.82. The normalized spacial score (nSPS) is 26.7. The lowest BCUT2D eigenvalue weighted by molar-refractivity contribution is -0.153. The van der Waals surface area contributed by atoms with Crippen molar-refractivity contribution in [2.24, 2.45) is 0 Å². The minimum Gasteiger partial charge on any atom is -0.447 e. The van der Waals surface area contributed by atoms with E-state index in [0.717, 1.165) is 38.0 Å². The van der Waals surface area contributed by atoms with E-state index < -0.39 is 55.2 Å². The van der Waals surface area contributed by atoms with Gasteiger partial charge in [0.25, 0.3) is 5.56 Å². The second-order valence-corrected chi connectivity index (χ2v) is 7.92. The number of nitrogens with one attached hydrogen (secondary N) is 1. The van der Waals surface area contributed by atoms with Gasteiger partial charge in [-0.1, -0.05) is 0 Å². The summed E-state index contributed by atoms with van der Waals surface area (Å²) in [4.78, 5) is 36.8. The number of esters is 1. The lowest BCUT2D eigenvalue weighted by Crippen LogP contribution is -2.42. The van der Waals surface area contributed by atoms with Gasteiger partial charge in [0.1, 0.15) is 18.3 Å². The van der Waals surface area contributed by atoms with Crippen molar-refractivity contribution in [1.29, 1.82) is 0 Å². The molecule has 1 aliphatic heterocycles. The highest BCUT2D eigenvalue weighted by Crippen LogP contribution is 2.56. The molecule has 0 aliphatic carbocycles. The number of methoxy groups -OCH3 is 1. The standard InChI is InChI=1S/C14H21N2O10P/c1-7(17)25-13(27(21,23-3)24-4)11-9(19)10(22-2)12(26-11)16-6-5-8(18)15-14(16)20/h5-6,9-13,19H,1-4H3,(H,15,18,20)/t9-,10+,11-,12+,13?/m0/s1. The van der Waals surface area contributed by atoms with E-state index in [1.807, 2.05) is 4.98 Å². The van der Waals surface area contributed by atoms with Gasteiger partial charge >= 0.3 is 19.3 Å². The van der Waals surface area contributed by atoms with Crippen LogP contribution in [0.4, 0.5) is 0 Å². The highest BCUT2D eigenvalue weighted by atomic mass is 31.2. The molecule has 2 N–H and O–H groups in total. The van der Waals surface area contributed by atoms with Crippen molar-refractivity contribution in [3.05, 3.63) is 33.1 Å². The number of H-pyrrole nitrogens is 1. The van der Waals surface area contributed by atoms with Crippen molar-refractivity contribution < 1.29 is 37.7 Å². The highest BCUT2D eigenvalue weighted by molar-refractivity contribution is 7.54. The third-order valence-corrected chi connectivity index (χ3v) is 6.08. The molecule has 1 aromatic rings. The average molecular weight is 408 g/mol. The van der Waals surface area contributed by atoms with Crippen molar-refractivity contribution >= 4 is 13.6 Å². The van der Waals surface area contributed by atoms with E-state index in [-0.39, 0.29) is 0 Å². The highest BCUT2D eigenvalue weighted by Gasteiger charge is 2.56. The van der Waals surface area contributed by atoms with Crippen LogP contribution >= 0.6 is 7.60 Å². The summed E-state index contributed by atoms with van der Waals surface area (Å²) in [6.45, 7) is 1.07. The summed E-state index contributed by atoms with van der Waals surface area (Å²) in [6.07, 6.45) is -4.05. The molecule has 0 saturated carbocycles. The van der Waals surface area contributed by atoms with Crippen LogP contribution in [0.1, 0.15) is 13.2 Å². The van der Waals surface area contributed by atoms with E-state index in [9.17, 15) is 24.1 Å². The van der Waals surface area contributed by atoms with E-state index in [0.29, 0.717) is 0 Å². The molecule has 1 aromatic heterocycles. The van der Waals surface area contributed by atoms with Crippen molar-refractivity contribution in [3.63, 3.8) is 0 Å². The predicted molar refractivity (Wildman–Crippen MR) is 89.2 cm³/mol. The third-order valence-electron chi connectivity index (χ3n) is 4.04. The number of aromatic amines is 1. The van der Waals surface area contributed by atoms with Gasteiger partial charge in [-0.25, -0.2) is 4.79 Å². The molecule has 0 bridgehead atoms. The van der Waals surface area contributed by atoms with Crippen LogP contribution in [0.2, 0.25) is 0 Å². The molecule has 1 aliphatic rings. The van der Waals surface area contributed by atoms with Gasteiger partial charge in [0.05, 0.1) is 0 Å². The van der Waals surface area contributed by atoms with Crippen LogP contribution in [0, 0.1) is 0 Å². The summed E-state index contributed by atoms with van der Waals surface area (Å²) >= 11 is 0. The van der Waals surface area contributed by atoms with Crippen molar-refractivity contribution in [3.8, 4) is 0 Å². The van der Waals surface area contributed by atoms with Gasteiger partial charge in [0.15, 0.2) is 6.23 Å². The zero-order valence-corrected chi connectivity index (χ0v) is 16.0. The Labute approximate surface area is 153 Å². The van der Waals surface area contributed by atoms with Crippen LogP contribution in [-0.2, 0) is 32.6 Å². The zero-order valence-electron chi connectivity index (χ0n) is 15.1. The molecule has 1 unspecified atom stereocenters. The van der Waals surface area contributed by atoms with E-state index in [1.54, 1.807) is 0 Å². The van der Waals surface area contributed by atoms with Crippen LogP contribution in [0.15, 0.2) is 21.9 Å². The Bertz CT molecular complexity index is 828. The number of rotatable bonds is 7. The summed E-state index contributed by atoms with van der Waals surface area (Å²) in [7, 11) is -0.609. The molecule has 5 atom stereocenters. The summed E-state index contributed by atoms with van der Waals surface area (Å²) < 4.78 is 39.4. The van der Waals surface area contributed by atoms with Crippen molar-refractivity contribution in [1.82, 2.24) is 9.55 Å². The fraction of sp³-hybridized carbons (Fsp3) is 0.643. The Morgan fingerprint density at radius 3 is 2.44 bits per heavy atom. The van der Waals surface area contributed by atoms with Crippen LogP contribution in [0.5, 0.6) is 0 Å². The van der Waals surface area contributed by atoms with Gasteiger partial charge in [0.2, 0.25) is 5.85 Å². The zero-order chi connectivity index (χ0) is 20.4. The maximum atomic E-state index is 12.8. The fourth-order valence-electron chi connectivity index (χ4n) is 2.78. The molecule has 27 heavy (non-hydrogen) atoms. The maximum absolute atomic E-state index is 12.8. The molecule has 0 aromatic carbocycles. The maximum Gasteiger partial charge on any atom is 0.373 e. The Morgan fingerprint density at radius 1 is 1.33 bits per heavy atom.